The molecule has 0 spiro atoms. The van der Waals surface area contributed by atoms with E-state index >= 15 is 0 Å². The number of carbonyl (C=O) groups excluding carboxylic acids is 1. The summed E-state index contributed by atoms with van der Waals surface area (Å²) >= 11 is 1.17. The first-order valence-corrected chi connectivity index (χ1v) is 12.7. The predicted molar refractivity (Wildman–Crippen MR) is 122 cm³/mol. The van der Waals surface area contributed by atoms with Gasteiger partial charge in [-0.05, 0) is 54.3 Å². The molecule has 1 aromatic heterocycles. The normalized spacial score (nSPS) is 21.2. The lowest BCUT2D eigenvalue weighted by atomic mass is 9.92. The highest BCUT2D eigenvalue weighted by Crippen LogP contribution is 2.22. The summed E-state index contributed by atoms with van der Waals surface area (Å²) in [4.78, 5) is 14.9. The zero-order valence-electron chi connectivity index (χ0n) is 17.8. The van der Waals surface area contributed by atoms with Gasteiger partial charge in [0.25, 0.3) is 10.0 Å². The fraction of sp³-hybridized carbons (Fsp3) is 0.500. The number of sulfonamides is 1. The Balaban J connectivity index is 1.48. The Morgan fingerprint density at radius 1 is 1.17 bits per heavy atom. The zero-order chi connectivity index (χ0) is 21.7. The number of nitrogens with zero attached hydrogens (tertiary/aromatic N) is 1. The second-order valence-electron chi connectivity index (χ2n) is 8.54. The van der Waals surface area contributed by atoms with Crippen molar-refractivity contribution in [2.45, 2.75) is 43.9 Å². The van der Waals surface area contributed by atoms with Gasteiger partial charge in [0.2, 0.25) is 5.91 Å². The monoisotopic (exact) mass is 449 g/mol. The van der Waals surface area contributed by atoms with Crippen molar-refractivity contribution < 1.29 is 13.2 Å². The van der Waals surface area contributed by atoms with Gasteiger partial charge >= 0.3 is 0 Å². The quantitative estimate of drug-likeness (QED) is 0.646. The van der Waals surface area contributed by atoms with Gasteiger partial charge in [0.05, 0.1) is 6.42 Å². The highest BCUT2D eigenvalue weighted by atomic mass is 32.2. The fourth-order valence-corrected chi connectivity index (χ4v) is 6.25. The van der Waals surface area contributed by atoms with Crippen LogP contribution in [0.1, 0.15) is 32.8 Å². The molecule has 2 heterocycles. The van der Waals surface area contributed by atoms with Crippen molar-refractivity contribution in [2.75, 3.05) is 24.4 Å². The van der Waals surface area contributed by atoms with Gasteiger partial charge in [-0.1, -0.05) is 32.0 Å². The molecule has 1 amide bonds. The number of rotatable bonds is 8. The maximum absolute atomic E-state index is 12.4. The van der Waals surface area contributed by atoms with E-state index in [-0.39, 0.29) is 22.6 Å². The molecule has 1 aliphatic rings. The van der Waals surface area contributed by atoms with E-state index in [0.29, 0.717) is 17.5 Å². The number of benzene rings is 1. The van der Waals surface area contributed by atoms with E-state index < -0.39 is 10.0 Å². The van der Waals surface area contributed by atoms with Crippen molar-refractivity contribution in [3.8, 4) is 0 Å². The maximum atomic E-state index is 12.4. The maximum Gasteiger partial charge on any atom is 0.271 e. The minimum Gasteiger partial charge on any atom is -0.352 e. The highest BCUT2D eigenvalue weighted by molar-refractivity contribution is 7.94. The van der Waals surface area contributed by atoms with E-state index in [9.17, 15) is 13.2 Å². The molecule has 0 saturated carbocycles. The van der Waals surface area contributed by atoms with Crippen LogP contribution in [0.4, 0.5) is 5.69 Å². The molecule has 1 aliphatic heterocycles. The summed E-state index contributed by atoms with van der Waals surface area (Å²) in [5.41, 5.74) is 1.33. The zero-order valence-corrected chi connectivity index (χ0v) is 19.4. The lowest BCUT2D eigenvalue weighted by Crippen LogP contribution is -2.47. The molecule has 2 aromatic rings. The van der Waals surface area contributed by atoms with Crippen LogP contribution in [-0.2, 0) is 21.2 Å². The number of piperidine rings is 1. The first-order valence-electron chi connectivity index (χ1n) is 10.4. The van der Waals surface area contributed by atoms with E-state index in [4.69, 9.17) is 0 Å². The molecule has 0 aliphatic carbocycles. The molecule has 1 aromatic carbocycles. The summed E-state index contributed by atoms with van der Waals surface area (Å²) in [5, 5.41) is 4.81. The van der Waals surface area contributed by atoms with Gasteiger partial charge < -0.3 is 10.2 Å². The van der Waals surface area contributed by atoms with Crippen molar-refractivity contribution in [1.29, 1.82) is 0 Å². The molecular formula is C22H31N3O3S2. The summed E-state index contributed by atoms with van der Waals surface area (Å²) in [6, 6.07) is 10.3. The Morgan fingerprint density at radius 2 is 1.83 bits per heavy atom. The summed E-state index contributed by atoms with van der Waals surface area (Å²) in [7, 11) is -3.56. The number of hydrogen-bond acceptors (Lipinski definition) is 5. The second-order valence-corrected chi connectivity index (χ2v) is 11.4. The van der Waals surface area contributed by atoms with Crippen LogP contribution in [0.25, 0.3) is 0 Å². The van der Waals surface area contributed by atoms with Crippen LogP contribution < -0.4 is 10.0 Å². The Labute approximate surface area is 183 Å². The van der Waals surface area contributed by atoms with Crippen molar-refractivity contribution in [1.82, 2.24) is 10.2 Å². The Morgan fingerprint density at radius 3 is 2.43 bits per heavy atom. The summed E-state index contributed by atoms with van der Waals surface area (Å²) in [6.45, 7) is 9.67. The molecule has 6 nitrogen and oxygen atoms in total. The first kappa shape index (κ1) is 22.8. The predicted octanol–water partition coefficient (Wildman–Crippen LogP) is 3.57. The van der Waals surface area contributed by atoms with E-state index in [1.54, 1.807) is 41.8 Å². The number of thiophene rings is 1. The van der Waals surface area contributed by atoms with Gasteiger partial charge in [0, 0.05) is 31.4 Å². The van der Waals surface area contributed by atoms with Crippen molar-refractivity contribution >= 4 is 33.0 Å². The van der Waals surface area contributed by atoms with Crippen LogP contribution >= 0.6 is 11.3 Å². The molecule has 0 bridgehead atoms. The van der Waals surface area contributed by atoms with Crippen LogP contribution in [0, 0.1) is 11.8 Å². The molecule has 164 valence electrons. The van der Waals surface area contributed by atoms with Gasteiger partial charge in [-0.3, -0.25) is 9.52 Å². The molecule has 3 atom stereocenters. The SMILES string of the molecule is CC1CC(C)CN(CC(C)NC(=O)Cc2ccc(NS(=O)(=O)c3cccs3)cc2)C1. The third kappa shape index (κ3) is 6.55. The molecule has 3 unspecified atom stereocenters. The Hall–Kier alpha value is -1.90. The number of amides is 1. The highest BCUT2D eigenvalue weighted by Gasteiger charge is 2.23. The third-order valence-corrected chi connectivity index (χ3v) is 7.99. The first-order chi connectivity index (χ1) is 14.2. The van der Waals surface area contributed by atoms with Crippen molar-refractivity contribution in [2.24, 2.45) is 11.8 Å². The lowest BCUT2D eigenvalue weighted by Gasteiger charge is -2.36. The summed E-state index contributed by atoms with van der Waals surface area (Å²) in [5.74, 6) is 1.38. The number of carbonyl (C=O) groups is 1. The average molecular weight is 450 g/mol. The topological polar surface area (TPSA) is 78.5 Å². The van der Waals surface area contributed by atoms with Crippen LogP contribution in [0.5, 0.6) is 0 Å². The second kappa shape index (κ2) is 9.94. The number of anilines is 1. The van der Waals surface area contributed by atoms with Gasteiger partial charge in [0.15, 0.2) is 0 Å². The molecule has 30 heavy (non-hydrogen) atoms. The van der Waals surface area contributed by atoms with Crippen LogP contribution in [0.3, 0.4) is 0 Å². The number of likely N-dealkylation sites (tertiary alicyclic amines) is 1. The van der Waals surface area contributed by atoms with Gasteiger partial charge in [-0.2, -0.15) is 0 Å². The number of hydrogen-bond donors (Lipinski definition) is 2. The van der Waals surface area contributed by atoms with Gasteiger partial charge in [-0.15, -0.1) is 11.3 Å². The molecule has 1 fully saturated rings. The van der Waals surface area contributed by atoms with Gasteiger partial charge in [0.1, 0.15) is 4.21 Å². The number of nitrogens with one attached hydrogen (secondary N) is 2. The van der Waals surface area contributed by atoms with Crippen LogP contribution in [0.2, 0.25) is 0 Å². The van der Waals surface area contributed by atoms with E-state index in [0.717, 1.165) is 25.2 Å². The largest absolute Gasteiger partial charge is 0.352 e. The molecule has 2 N–H and O–H groups in total. The summed E-state index contributed by atoms with van der Waals surface area (Å²) in [6.07, 6.45) is 1.55. The van der Waals surface area contributed by atoms with E-state index in [1.165, 1.54) is 17.8 Å². The summed E-state index contributed by atoms with van der Waals surface area (Å²) < 4.78 is 27.4. The minimum atomic E-state index is -3.56. The molecule has 8 heteroatoms. The fourth-order valence-electron chi connectivity index (χ4n) is 4.20. The minimum absolute atomic E-state index is 0.0208. The van der Waals surface area contributed by atoms with Crippen LogP contribution in [-0.4, -0.2) is 44.9 Å². The third-order valence-electron chi connectivity index (χ3n) is 5.21. The smallest absolute Gasteiger partial charge is 0.271 e. The van der Waals surface area contributed by atoms with Crippen molar-refractivity contribution in [3.05, 3.63) is 47.3 Å². The standard InChI is InChI=1S/C22H31N3O3S2/c1-16-11-17(2)14-25(13-16)15-18(3)23-21(26)12-19-6-8-20(9-7-19)24-30(27,28)22-5-4-10-29-22/h4-10,16-18,24H,11-15H2,1-3H3,(H,23,26). The average Bonchev–Trinajstić information content (AvgIpc) is 3.17. The van der Waals surface area contributed by atoms with E-state index in [1.807, 2.05) is 6.92 Å². The molecule has 0 radical (unpaired) electrons. The van der Waals surface area contributed by atoms with E-state index in [2.05, 4.69) is 28.8 Å². The lowest BCUT2D eigenvalue weighted by molar-refractivity contribution is -0.121. The molecule has 1 saturated heterocycles. The Kier molecular flexibility index (Phi) is 7.55. The molecular weight excluding hydrogens is 418 g/mol. The molecule has 3 rings (SSSR count). The van der Waals surface area contributed by atoms with Gasteiger partial charge in [-0.25, -0.2) is 8.42 Å². The van der Waals surface area contributed by atoms with Crippen LogP contribution in [0.15, 0.2) is 46.0 Å². The van der Waals surface area contributed by atoms with Crippen molar-refractivity contribution in [3.63, 3.8) is 0 Å². The Bertz CT molecular complexity index is 917.